The van der Waals surface area contributed by atoms with E-state index < -0.39 is 0 Å². The topological polar surface area (TPSA) is 78.4 Å². The van der Waals surface area contributed by atoms with Gasteiger partial charge >= 0.3 is 0 Å². The summed E-state index contributed by atoms with van der Waals surface area (Å²) < 4.78 is 22.9. The fourth-order valence-corrected chi connectivity index (χ4v) is 3.84. The Kier molecular flexibility index (Phi) is 9.18. The highest BCUT2D eigenvalue weighted by Gasteiger charge is 2.13. The summed E-state index contributed by atoms with van der Waals surface area (Å²) in [6.45, 7) is 2.64. The monoisotopic (exact) mass is 546 g/mol. The van der Waals surface area contributed by atoms with Gasteiger partial charge < -0.3 is 18.9 Å². The molecule has 0 radical (unpaired) electrons. The third-order valence-corrected chi connectivity index (χ3v) is 5.45. The maximum atomic E-state index is 12.5. The van der Waals surface area contributed by atoms with Crippen molar-refractivity contribution in [3.05, 3.63) is 80.8 Å². The molecule has 178 valence electrons. The maximum Gasteiger partial charge on any atom is 0.271 e. The van der Waals surface area contributed by atoms with Gasteiger partial charge in [-0.3, -0.25) is 4.79 Å². The van der Waals surface area contributed by atoms with Gasteiger partial charge in [0.25, 0.3) is 5.91 Å². The zero-order valence-electron chi connectivity index (χ0n) is 18.9. The number of halogens is 2. The number of rotatable bonds is 10. The third kappa shape index (κ3) is 6.65. The van der Waals surface area contributed by atoms with Crippen molar-refractivity contribution in [2.75, 3.05) is 20.8 Å². The molecule has 7 nitrogen and oxygen atoms in total. The number of amides is 1. The second kappa shape index (κ2) is 12.3. The molecule has 0 spiro atoms. The van der Waals surface area contributed by atoms with Crippen LogP contribution in [0.2, 0.25) is 5.02 Å². The minimum atomic E-state index is -0.382. The predicted octanol–water partition coefficient (Wildman–Crippen LogP) is 5.86. The van der Waals surface area contributed by atoms with E-state index in [1.807, 2.05) is 31.2 Å². The first-order valence-corrected chi connectivity index (χ1v) is 11.5. The molecule has 0 fully saturated rings. The van der Waals surface area contributed by atoms with Crippen LogP contribution in [0.15, 0.2) is 64.2 Å². The fourth-order valence-electron chi connectivity index (χ4n) is 3.05. The van der Waals surface area contributed by atoms with Crippen molar-refractivity contribution in [1.82, 2.24) is 5.43 Å². The number of carbonyl (C=O) groups is 1. The number of nitrogens with one attached hydrogen (secondary N) is 1. The van der Waals surface area contributed by atoms with Crippen LogP contribution in [0.1, 0.15) is 28.4 Å². The highest BCUT2D eigenvalue weighted by Crippen LogP contribution is 2.37. The minimum absolute atomic E-state index is 0.324. The van der Waals surface area contributed by atoms with Crippen LogP contribution in [0.3, 0.4) is 0 Å². The van der Waals surface area contributed by atoms with E-state index in [9.17, 15) is 4.79 Å². The Morgan fingerprint density at radius 3 is 2.53 bits per heavy atom. The molecule has 3 rings (SSSR count). The van der Waals surface area contributed by atoms with E-state index in [0.29, 0.717) is 56.8 Å². The largest absolute Gasteiger partial charge is 0.493 e. The quantitative estimate of drug-likeness (QED) is 0.254. The van der Waals surface area contributed by atoms with Gasteiger partial charge in [-0.05, 0) is 76.4 Å². The smallest absolute Gasteiger partial charge is 0.271 e. The van der Waals surface area contributed by atoms with E-state index in [1.54, 1.807) is 44.6 Å². The summed E-state index contributed by atoms with van der Waals surface area (Å²) >= 11 is 9.55. The van der Waals surface area contributed by atoms with Gasteiger partial charge in [-0.15, -0.1) is 0 Å². The molecule has 0 aliphatic heterocycles. The normalized spacial score (nSPS) is 10.7. The molecule has 0 aromatic heterocycles. The average Bonchev–Trinajstić information content (AvgIpc) is 2.83. The molecule has 9 heteroatoms. The van der Waals surface area contributed by atoms with Crippen LogP contribution in [0, 0.1) is 0 Å². The summed E-state index contributed by atoms with van der Waals surface area (Å²) in [4.78, 5) is 12.5. The SMILES string of the molecule is CCOc1cc(C(=O)N/N=C/c2cc(Br)c(OCc3cccc(Cl)c3)c(OC)c2)ccc1OC. The first kappa shape index (κ1) is 25.4. The Labute approximate surface area is 211 Å². The number of methoxy groups -OCH3 is 2. The van der Waals surface area contributed by atoms with Gasteiger partial charge in [0.05, 0.1) is 31.5 Å². The van der Waals surface area contributed by atoms with E-state index in [1.165, 1.54) is 6.21 Å². The summed E-state index contributed by atoms with van der Waals surface area (Å²) in [7, 11) is 3.10. The third-order valence-electron chi connectivity index (χ3n) is 4.63. The van der Waals surface area contributed by atoms with Gasteiger partial charge in [-0.1, -0.05) is 23.7 Å². The molecule has 0 heterocycles. The minimum Gasteiger partial charge on any atom is -0.493 e. The lowest BCUT2D eigenvalue weighted by molar-refractivity contribution is 0.0954. The number of ether oxygens (including phenoxy) is 4. The predicted molar refractivity (Wildman–Crippen MR) is 136 cm³/mol. The average molecular weight is 548 g/mol. The van der Waals surface area contributed by atoms with E-state index in [-0.39, 0.29) is 5.91 Å². The number of hydrazone groups is 1. The van der Waals surface area contributed by atoms with Crippen LogP contribution < -0.4 is 24.4 Å². The van der Waals surface area contributed by atoms with Crippen LogP contribution in [-0.4, -0.2) is 32.9 Å². The Bertz CT molecular complexity index is 1190. The fraction of sp³-hybridized carbons (Fsp3) is 0.200. The summed E-state index contributed by atoms with van der Waals surface area (Å²) in [5, 5.41) is 4.70. The van der Waals surface area contributed by atoms with Crippen LogP contribution >= 0.6 is 27.5 Å². The van der Waals surface area contributed by atoms with E-state index in [0.717, 1.165) is 5.56 Å². The first-order chi connectivity index (χ1) is 16.4. The van der Waals surface area contributed by atoms with Gasteiger partial charge in [0, 0.05) is 10.6 Å². The van der Waals surface area contributed by atoms with Crippen molar-refractivity contribution in [2.24, 2.45) is 5.10 Å². The lowest BCUT2D eigenvalue weighted by atomic mass is 10.2. The van der Waals surface area contributed by atoms with E-state index in [4.69, 9.17) is 30.5 Å². The van der Waals surface area contributed by atoms with Crippen LogP contribution in [0.25, 0.3) is 0 Å². The van der Waals surface area contributed by atoms with Crippen LogP contribution in [0.5, 0.6) is 23.0 Å². The summed E-state index contributed by atoms with van der Waals surface area (Å²) in [6.07, 6.45) is 1.51. The summed E-state index contributed by atoms with van der Waals surface area (Å²) in [6, 6.07) is 15.9. The zero-order chi connectivity index (χ0) is 24.5. The van der Waals surface area contributed by atoms with E-state index >= 15 is 0 Å². The summed E-state index contributed by atoms with van der Waals surface area (Å²) in [5.74, 6) is 1.72. The molecule has 3 aromatic rings. The van der Waals surface area contributed by atoms with Crippen molar-refractivity contribution < 1.29 is 23.7 Å². The number of nitrogens with zero attached hydrogens (tertiary/aromatic N) is 1. The van der Waals surface area contributed by atoms with Crippen LogP contribution in [0.4, 0.5) is 0 Å². The molecular weight excluding hydrogens is 524 g/mol. The Morgan fingerprint density at radius 2 is 1.82 bits per heavy atom. The van der Waals surface area contributed by atoms with Crippen molar-refractivity contribution in [3.63, 3.8) is 0 Å². The molecule has 0 aliphatic carbocycles. The highest BCUT2D eigenvalue weighted by atomic mass is 79.9. The van der Waals surface area contributed by atoms with Gasteiger partial charge in [0.15, 0.2) is 23.0 Å². The molecule has 0 unspecified atom stereocenters. The molecule has 0 saturated carbocycles. The van der Waals surface area contributed by atoms with Gasteiger partial charge in [0.1, 0.15) is 6.61 Å². The maximum absolute atomic E-state index is 12.5. The van der Waals surface area contributed by atoms with E-state index in [2.05, 4.69) is 26.5 Å². The number of benzene rings is 3. The number of hydrogen-bond donors (Lipinski definition) is 1. The zero-order valence-corrected chi connectivity index (χ0v) is 21.3. The van der Waals surface area contributed by atoms with Gasteiger partial charge in [-0.25, -0.2) is 5.43 Å². The van der Waals surface area contributed by atoms with Crippen molar-refractivity contribution in [1.29, 1.82) is 0 Å². The van der Waals surface area contributed by atoms with Crippen molar-refractivity contribution in [2.45, 2.75) is 13.5 Å². The molecule has 1 N–H and O–H groups in total. The van der Waals surface area contributed by atoms with Gasteiger partial charge in [-0.2, -0.15) is 5.10 Å². The second-order valence-corrected chi connectivity index (χ2v) is 8.24. The molecule has 34 heavy (non-hydrogen) atoms. The Morgan fingerprint density at radius 1 is 1.03 bits per heavy atom. The van der Waals surface area contributed by atoms with Crippen molar-refractivity contribution in [3.8, 4) is 23.0 Å². The molecule has 3 aromatic carbocycles. The lowest BCUT2D eigenvalue weighted by Gasteiger charge is -2.13. The number of hydrogen-bond acceptors (Lipinski definition) is 6. The molecule has 0 bridgehead atoms. The number of carbonyl (C=O) groups excluding carboxylic acids is 1. The molecule has 0 atom stereocenters. The lowest BCUT2D eigenvalue weighted by Crippen LogP contribution is -2.17. The standard InChI is InChI=1S/C25H24BrClN2O5/c1-4-33-22-13-18(8-9-21(22)31-2)25(30)29-28-14-17-11-20(26)24(23(12-17)32-3)34-15-16-6-5-7-19(27)10-16/h5-14H,4,15H2,1-3H3,(H,29,30)/b28-14+. The van der Waals surface area contributed by atoms with Gasteiger partial charge in [0.2, 0.25) is 0 Å². The first-order valence-electron chi connectivity index (χ1n) is 10.3. The van der Waals surface area contributed by atoms with Crippen molar-refractivity contribution >= 4 is 39.7 Å². The van der Waals surface area contributed by atoms with Crippen LogP contribution in [-0.2, 0) is 6.61 Å². The highest BCUT2D eigenvalue weighted by molar-refractivity contribution is 9.10. The Balaban J connectivity index is 1.69. The second-order valence-electron chi connectivity index (χ2n) is 6.95. The Hall–Kier alpha value is -3.23. The molecule has 0 aliphatic rings. The molecule has 1 amide bonds. The summed E-state index contributed by atoms with van der Waals surface area (Å²) in [5.41, 5.74) is 4.53. The molecule has 0 saturated heterocycles. The molecular formula is C25H24BrClN2O5.